The first-order chi connectivity index (χ1) is 9.16. The topological polar surface area (TPSA) is 60.8 Å². The predicted molar refractivity (Wildman–Crippen MR) is 77.4 cm³/mol. The average Bonchev–Trinajstić information content (AvgIpc) is 2.30. The summed E-state index contributed by atoms with van der Waals surface area (Å²) in [6.07, 6.45) is 0. The lowest BCUT2D eigenvalue weighted by Gasteiger charge is -2.31. The van der Waals surface area contributed by atoms with Crippen LogP contribution in [0.2, 0.25) is 0 Å². The summed E-state index contributed by atoms with van der Waals surface area (Å²) in [5.74, 6) is -0.942. The Balaban J connectivity index is 3.29. The molecule has 2 N–H and O–H groups in total. The van der Waals surface area contributed by atoms with Crippen molar-refractivity contribution < 1.29 is 19.2 Å². The molecule has 0 atom stereocenters. The van der Waals surface area contributed by atoms with Crippen molar-refractivity contribution in [1.29, 1.82) is 0 Å². The van der Waals surface area contributed by atoms with E-state index in [0.29, 0.717) is 0 Å². The van der Waals surface area contributed by atoms with Gasteiger partial charge in [0.2, 0.25) is 0 Å². The van der Waals surface area contributed by atoms with Crippen molar-refractivity contribution in [2.45, 2.75) is 46.7 Å². The fourth-order valence-electron chi connectivity index (χ4n) is 2.31. The summed E-state index contributed by atoms with van der Waals surface area (Å²) in [6.45, 7) is 8.96. The summed E-state index contributed by atoms with van der Waals surface area (Å²) < 4.78 is 13.8. The van der Waals surface area contributed by atoms with E-state index in [0.717, 1.165) is 6.07 Å². The van der Waals surface area contributed by atoms with Crippen molar-refractivity contribution >= 4 is 18.5 Å². The molecule has 20 heavy (non-hydrogen) atoms. The number of halogens is 1. The second kappa shape index (κ2) is 6.37. The van der Waals surface area contributed by atoms with E-state index in [-0.39, 0.29) is 34.6 Å². The minimum Gasteiger partial charge on any atom is -0.423 e. The van der Waals surface area contributed by atoms with E-state index in [9.17, 15) is 19.2 Å². The van der Waals surface area contributed by atoms with Gasteiger partial charge in [0.1, 0.15) is 5.82 Å². The third-order valence-corrected chi connectivity index (χ3v) is 3.26. The van der Waals surface area contributed by atoms with Gasteiger partial charge < -0.3 is 14.9 Å². The summed E-state index contributed by atoms with van der Waals surface area (Å²) in [4.78, 5) is 14.1. The summed E-state index contributed by atoms with van der Waals surface area (Å²) >= 11 is 0. The van der Waals surface area contributed by atoms with Gasteiger partial charge in [0, 0.05) is 17.6 Å². The zero-order valence-corrected chi connectivity index (χ0v) is 12.5. The molecule has 0 bridgehead atoms. The zero-order valence-electron chi connectivity index (χ0n) is 12.5. The molecule has 6 heteroatoms. The van der Waals surface area contributed by atoms with Crippen molar-refractivity contribution in [2.75, 3.05) is 0 Å². The van der Waals surface area contributed by atoms with E-state index in [1.165, 1.54) is 13.0 Å². The fourth-order valence-corrected chi connectivity index (χ4v) is 2.31. The fraction of sp³-hybridized carbons (Fsp3) is 0.500. The highest BCUT2D eigenvalue weighted by Crippen LogP contribution is 2.15. The van der Waals surface area contributed by atoms with Gasteiger partial charge in [-0.05, 0) is 57.8 Å². The van der Waals surface area contributed by atoms with E-state index in [2.05, 4.69) is 0 Å². The maximum Gasteiger partial charge on any atom is 0.488 e. The lowest BCUT2D eigenvalue weighted by Crippen LogP contribution is -2.43. The van der Waals surface area contributed by atoms with Crippen molar-refractivity contribution in [3.63, 3.8) is 0 Å². The van der Waals surface area contributed by atoms with Crippen LogP contribution in [0.15, 0.2) is 12.1 Å². The largest absolute Gasteiger partial charge is 0.488 e. The number of hydrogen-bond donors (Lipinski definition) is 2. The molecule has 0 heterocycles. The zero-order chi connectivity index (χ0) is 15.6. The van der Waals surface area contributed by atoms with Crippen molar-refractivity contribution in [2.24, 2.45) is 0 Å². The highest BCUT2D eigenvalue weighted by atomic mass is 19.1. The minimum absolute atomic E-state index is 0.0146. The monoisotopic (exact) mass is 281 g/mol. The van der Waals surface area contributed by atoms with E-state index >= 15 is 0 Å². The molecule has 1 aromatic carbocycles. The van der Waals surface area contributed by atoms with Gasteiger partial charge in [-0.3, -0.25) is 4.79 Å². The van der Waals surface area contributed by atoms with Gasteiger partial charge in [-0.15, -0.1) is 0 Å². The van der Waals surface area contributed by atoms with Crippen LogP contribution < -0.4 is 5.46 Å². The van der Waals surface area contributed by atoms with Gasteiger partial charge >= 0.3 is 7.12 Å². The number of carbonyl (C=O) groups excluding carboxylic acids is 1. The van der Waals surface area contributed by atoms with E-state index < -0.39 is 12.9 Å². The van der Waals surface area contributed by atoms with Gasteiger partial charge in [-0.2, -0.15) is 0 Å². The van der Waals surface area contributed by atoms with Crippen molar-refractivity contribution in [3.8, 4) is 0 Å². The summed E-state index contributed by atoms with van der Waals surface area (Å²) in [5, 5.41) is 18.5. The third-order valence-electron chi connectivity index (χ3n) is 3.26. The van der Waals surface area contributed by atoms with E-state index in [4.69, 9.17) is 0 Å². The molecule has 1 rings (SSSR count). The van der Waals surface area contributed by atoms with Gasteiger partial charge in [0.25, 0.3) is 5.91 Å². The number of nitrogens with zero attached hydrogens (tertiary/aromatic N) is 1. The first kappa shape index (κ1) is 16.7. The molecule has 110 valence electrons. The average molecular weight is 281 g/mol. The molecular weight excluding hydrogens is 260 g/mol. The van der Waals surface area contributed by atoms with Crippen LogP contribution in [0.1, 0.15) is 43.6 Å². The Morgan fingerprint density at radius 2 is 1.70 bits per heavy atom. The lowest BCUT2D eigenvalue weighted by atomic mass is 9.76. The predicted octanol–water partition coefficient (Wildman–Crippen LogP) is 1.07. The number of hydrogen-bond acceptors (Lipinski definition) is 3. The Morgan fingerprint density at radius 1 is 1.20 bits per heavy atom. The van der Waals surface area contributed by atoms with Gasteiger partial charge in [-0.25, -0.2) is 4.39 Å². The Labute approximate surface area is 119 Å². The van der Waals surface area contributed by atoms with Crippen LogP contribution in [0, 0.1) is 12.7 Å². The van der Waals surface area contributed by atoms with Gasteiger partial charge in [-0.1, -0.05) is 0 Å². The molecule has 1 amide bonds. The van der Waals surface area contributed by atoms with Crippen LogP contribution >= 0.6 is 0 Å². The summed E-state index contributed by atoms with van der Waals surface area (Å²) in [5.41, 5.74) is 0.275. The second-order valence-corrected chi connectivity index (χ2v) is 5.45. The van der Waals surface area contributed by atoms with E-state index in [1.54, 1.807) is 4.90 Å². The number of rotatable bonds is 4. The number of carbonyl (C=O) groups is 1. The van der Waals surface area contributed by atoms with Crippen LogP contribution in [0.5, 0.6) is 0 Å². The number of benzene rings is 1. The first-order valence-electron chi connectivity index (χ1n) is 6.65. The van der Waals surface area contributed by atoms with E-state index in [1.807, 2.05) is 27.7 Å². The highest BCUT2D eigenvalue weighted by molar-refractivity contribution is 6.59. The molecule has 0 aliphatic carbocycles. The molecule has 0 fully saturated rings. The Hall–Kier alpha value is -1.40. The molecular formula is C14H21BFNO3. The molecule has 0 saturated carbocycles. The molecule has 0 unspecified atom stereocenters. The first-order valence-corrected chi connectivity index (χ1v) is 6.65. The molecule has 0 radical (unpaired) electrons. The molecule has 0 aliphatic rings. The molecule has 4 nitrogen and oxygen atoms in total. The van der Waals surface area contributed by atoms with Gasteiger partial charge in [0.15, 0.2) is 0 Å². The van der Waals surface area contributed by atoms with Crippen LogP contribution in [-0.2, 0) is 0 Å². The highest BCUT2D eigenvalue weighted by Gasteiger charge is 2.25. The quantitative estimate of drug-likeness (QED) is 0.812. The maximum atomic E-state index is 13.8. The van der Waals surface area contributed by atoms with Crippen molar-refractivity contribution in [1.82, 2.24) is 4.90 Å². The third kappa shape index (κ3) is 3.38. The standard InChI is InChI=1S/C14H21BFNO3/c1-8(2)17(9(3)4)14(18)11-6-12(15(19)20)10(5)13(16)7-11/h6-9,19-20H,1-5H3. The maximum absolute atomic E-state index is 13.8. The smallest absolute Gasteiger partial charge is 0.423 e. The Morgan fingerprint density at radius 3 is 2.10 bits per heavy atom. The number of amides is 1. The Bertz CT molecular complexity index is 495. The Kier molecular flexibility index (Phi) is 5.31. The molecule has 0 aliphatic heterocycles. The van der Waals surface area contributed by atoms with Crippen LogP contribution in [0.4, 0.5) is 4.39 Å². The van der Waals surface area contributed by atoms with Crippen LogP contribution in [-0.4, -0.2) is 40.1 Å². The van der Waals surface area contributed by atoms with Gasteiger partial charge in [0.05, 0.1) is 0 Å². The SMILES string of the molecule is Cc1c(F)cc(C(=O)N(C(C)C)C(C)C)cc1B(O)O. The molecule has 1 aromatic rings. The summed E-state index contributed by atoms with van der Waals surface area (Å²) in [6, 6.07) is 2.41. The van der Waals surface area contributed by atoms with Crippen LogP contribution in [0.3, 0.4) is 0 Å². The molecule has 0 saturated heterocycles. The molecule has 0 aromatic heterocycles. The summed E-state index contributed by atoms with van der Waals surface area (Å²) in [7, 11) is -1.80. The molecule has 0 spiro atoms. The lowest BCUT2D eigenvalue weighted by molar-refractivity contribution is 0.0643. The minimum atomic E-state index is -1.80. The van der Waals surface area contributed by atoms with Crippen molar-refractivity contribution in [3.05, 3.63) is 29.1 Å². The van der Waals surface area contributed by atoms with Crippen LogP contribution in [0.25, 0.3) is 0 Å². The normalized spacial score (nSPS) is 11.1. The second-order valence-electron chi connectivity index (χ2n) is 5.45.